The zero-order valence-corrected chi connectivity index (χ0v) is 15.1. The Hall–Kier alpha value is -2.72. The molecule has 2 N–H and O–H groups in total. The number of aromatic nitrogens is 3. The van der Waals surface area contributed by atoms with Crippen LogP contribution in [0, 0.1) is 12.7 Å². The molecule has 0 aliphatic carbocycles. The Morgan fingerprint density at radius 1 is 1.35 bits per heavy atom. The molecule has 0 aliphatic rings. The van der Waals surface area contributed by atoms with Gasteiger partial charge in [0, 0.05) is 25.9 Å². The number of anilines is 1. The number of sulfone groups is 1. The first-order valence-corrected chi connectivity index (χ1v) is 9.07. The number of hydrogen-bond donors (Lipinski definition) is 2. The number of phenols is 1. The summed E-state index contributed by atoms with van der Waals surface area (Å²) in [5, 5.41) is 16.6. The zero-order chi connectivity index (χ0) is 19.1. The molecule has 8 nitrogen and oxygen atoms in total. The van der Waals surface area contributed by atoms with Crippen LogP contribution in [0.15, 0.2) is 34.1 Å². The molecule has 2 aromatic heterocycles. The van der Waals surface area contributed by atoms with Gasteiger partial charge < -0.3 is 15.2 Å². The van der Waals surface area contributed by atoms with Crippen molar-refractivity contribution in [3.05, 3.63) is 41.5 Å². The van der Waals surface area contributed by atoms with E-state index in [4.69, 9.17) is 4.74 Å². The second kappa shape index (κ2) is 6.54. The van der Waals surface area contributed by atoms with Gasteiger partial charge in [0.2, 0.25) is 9.84 Å². The zero-order valence-electron chi connectivity index (χ0n) is 14.3. The van der Waals surface area contributed by atoms with E-state index in [0.29, 0.717) is 11.4 Å². The summed E-state index contributed by atoms with van der Waals surface area (Å²) in [7, 11) is -1.08. The Labute approximate surface area is 149 Å². The van der Waals surface area contributed by atoms with E-state index in [1.165, 1.54) is 18.7 Å². The Morgan fingerprint density at radius 2 is 2.08 bits per heavy atom. The van der Waals surface area contributed by atoms with Crippen LogP contribution < -0.4 is 5.32 Å². The van der Waals surface area contributed by atoms with Gasteiger partial charge in [-0.25, -0.2) is 22.3 Å². The van der Waals surface area contributed by atoms with Gasteiger partial charge in [0.1, 0.15) is 0 Å². The SMILES string of the molecule is CNc1nn2c(COC)cc(C)nc2c1S(=O)(=O)c1ccc(F)c(O)c1. The molecule has 26 heavy (non-hydrogen) atoms. The molecule has 0 spiro atoms. The second-order valence-electron chi connectivity index (χ2n) is 5.60. The molecule has 3 rings (SSSR count). The maximum Gasteiger partial charge on any atom is 0.214 e. The van der Waals surface area contributed by atoms with Crippen molar-refractivity contribution in [2.45, 2.75) is 23.3 Å². The molecule has 0 bridgehead atoms. The molecule has 0 aliphatic heterocycles. The Balaban J connectivity index is 2.34. The first-order valence-electron chi connectivity index (χ1n) is 7.59. The average molecular weight is 380 g/mol. The van der Waals surface area contributed by atoms with Gasteiger partial charge in [0.15, 0.2) is 27.9 Å². The van der Waals surface area contributed by atoms with Crippen molar-refractivity contribution in [2.24, 2.45) is 0 Å². The summed E-state index contributed by atoms with van der Waals surface area (Å²) >= 11 is 0. The third-order valence-corrected chi connectivity index (χ3v) is 5.56. The highest BCUT2D eigenvalue weighted by Crippen LogP contribution is 2.33. The summed E-state index contributed by atoms with van der Waals surface area (Å²) in [5.41, 5.74) is 1.32. The summed E-state index contributed by atoms with van der Waals surface area (Å²) in [5.74, 6) is -1.57. The Morgan fingerprint density at radius 3 is 2.69 bits per heavy atom. The van der Waals surface area contributed by atoms with Gasteiger partial charge in [-0.15, -0.1) is 5.10 Å². The number of nitrogens with zero attached hydrogens (tertiary/aromatic N) is 3. The quantitative estimate of drug-likeness (QED) is 0.651. The van der Waals surface area contributed by atoms with Gasteiger partial charge in [-0.1, -0.05) is 0 Å². The van der Waals surface area contributed by atoms with Gasteiger partial charge in [-0.3, -0.25) is 0 Å². The smallest absolute Gasteiger partial charge is 0.214 e. The highest BCUT2D eigenvalue weighted by Gasteiger charge is 2.30. The molecule has 0 saturated heterocycles. The van der Waals surface area contributed by atoms with Crippen molar-refractivity contribution in [1.29, 1.82) is 0 Å². The van der Waals surface area contributed by atoms with Crippen molar-refractivity contribution < 1.29 is 22.7 Å². The number of phenolic OH excluding ortho intramolecular Hbond substituents is 1. The second-order valence-corrected chi connectivity index (χ2v) is 7.49. The summed E-state index contributed by atoms with van der Waals surface area (Å²) in [6, 6.07) is 4.57. The van der Waals surface area contributed by atoms with E-state index in [-0.39, 0.29) is 27.9 Å². The van der Waals surface area contributed by atoms with Gasteiger partial charge in [-0.2, -0.15) is 0 Å². The lowest BCUT2D eigenvalue weighted by Gasteiger charge is -2.07. The number of halogens is 1. The molecule has 10 heteroatoms. The monoisotopic (exact) mass is 380 g/mol. The average Bonchev–Trinajstić information content (AvgIpc) is 2.96. The highest BCUT2D eigenvalue weighted by molar-refractivity contribution is 7.91. The van der Waals surface area contributed by atoms with Crippen LogP contribution in [0.3, 0.4) is 0 Å². The number of hydrogen-bond acceptors (Lipinski definition) is 7. The van der Waals surface area contributed by atoms with Crippen LogP contribution in [0.2, 0.25) is 0 Å². The van der Waals surface area contributed by atoms with Crippen molar-refractivity contribution in [3.63, 3.8) is 0 Å². The standard InChI is InChI=1S/C16H17FN4O4S/c1-9-6-10(8-25-3)21-16(19-9)14(15(18-2)20-21)26(23,24)11-4-5-12(17)13(22)7-11/h4-7,22H,8H2,1-3H3,(H,18,20). The number of aromatic hydroxyl groups is 1. The topological polar surface area (TPSA) is 106 Å². The summed E-state index contributed by atoms with van der Waals surface area (Å²) in [6.07, 6.45) is 0. The molecule has 0 fully saturated rings. The third kappa shape index (κ3) is 2.86. The van der Waals surface area contributed by atoms with Crippen LogP contribution in [0.1, 0.15) is 11.4 Å². The fourth-order valence-electron chi connectivity index (χ4n) is 2.63. The fraction of sp³-hybridized carbons (Fsp3) is 0.250. The molecular weight excluding hydrogens is 363 g/mol. The molecule has 0 unspecified atom stereocenters. The lowest BCUT2D eigenvalue weighted by molar-refractivity contribution is 0.179. The molecule has 2 heterocycles. The van der Waals surface area contributed by atoms with Crippen molar-refractivity contribution in [1.82, 2.24) is 14.6 Å². The van der Waals surface area contributed by atoms with Gasteiger partial charge in [0.05, 0.1) is 17.2 Å². The minimum Gasteiger partial charge on any atom is -0.505 e. The number of benzene rings is 1. The predicted molar refractivity (Wildman–Crippen MR) is 91.5 cm³/mol. The molecule has 3 aromatic rings. The number of nitrogens with one attached hydrogen (secondary N) is 1. The number of methoxy groups -OCH3 is 1. The first kappa shape index (κ1) is 18.1. The van der Waals surface area contributed by atoms with E-state index in [9.17, 15) is 17.9 Å². The molecule has 1 aromatic carbocycles. The highest BCUT2D eigenvalue weighted by atomic mass is 32.2. The van der Waals surface area contributed by atoms with E-state index >= 15 is 0 Å². The van der Waals surface area contributed by atoms with E-state index < -0.39 is 21.4 Å². The van der Waals surface area contributed by atoms with Crippen LogP contribution in [-0.2, 0) is 21.2 Å². The van der Waals surface area contributed by atoms with Crippen LogP contribution in [0.4, 0.5) is 10.2 Å². The Bertz CT molecular complexity index is 1100. The van der Waals surface area contributed by atoms with Crippen LogP contribution >= 0.6 is 0 Å². The molecule has 0 saturated carbocycles. The van der Waals surface area contributed by atoms with E-state index in [2.05, 4.69) is 15.4 Å². The van der Waals surface area contributed by atoms with Crippen molar-refractivity contribution >= 4 is 21.3 Å². The Kier molecular flexibility index (Phi) is 4.55. The summed E-state index contributed by atoms with van der Waals surface area (Å²) in [4.78, 5) is 3.88. The fourth-order valence-corrected chi connectivity index (χ4v) is 4.15. The number of fused-ring (bicyclic) bond motifs is 1. The van der Waals surface area contributed by atoms with Crippen LogP contribution in [0.25, 0.3) is 5.65 Å². The third-order valence-electron chi connectivity index (χ3n) is 3.77. The van der Waals surface area contributed by atoms with Gasteiger partial charge in [0.25, 0.3) is 0 Å². The lowest BCUT2D eigenvalue weighted by atomic mass is 10.3. The number of ether oxygens (including phenoxy) is 1. The van der Waals surface area contributed by atoms with Crippen LogP contribution in [-0.4, -0.2) is 42.3 Å². The van der Waals surface area contributed by atoms with Crippen LogP contribution in [0.5, 0.6) is 5.75 Å². The van der Waals surface area contributed by atoms with E-state index in [0.717, 1.165) is 18.2 Å². The minimum absolute atomic E-state index is 0.0873. The predicted octanol–water partition coefficient (Wildman–Crippen LogP) is 1.90. The normalized spacial score (nSPS) is 11.8. The number of aryl methyl sites for hydroxylation is 1. The van der Waals surface area contributed by atoms with Crippen molar-refractivity contribution in [2.75, 3.05) is 19.5 Å². The maximum absolute atomic E-state index is 13.3. The molecule has 0 amide bonds. The maximum atomic E-state index is 13.3. The number of rotatable bonds is 5. The largest absolute Gasteiger partial charge is 0.505 e. The molecule has 0 radical (unpaired) electrons. The molecular formula is C16H17FN4O4S. The molecule has 0 atom stereocenters. The summed E-state index contributed by atoms with van der Waals surface area (Å²) < 4.78 is 46.1. The van der Waals surface area contributed by atoms with Gasteiger partial charge in [-0.05, 0) is 25.1 Å². The van der Waals surface area contributed by atoms with E-state index in [1.807, 2.05) is 0 Å². The van der Waals surface area contributed by atoms with Crippen molar-refractivity contribution in [3.8, 4) is 5.75 Å². The first-order chi connectivity index (χ1) is 12.3. The minimum atomic E-state index is -4.13. The molecule has 138 valence electrons. The summed E-state index contributed by atoms with van der Waals surface area (Å²) in [6.45, 7) is 1.94. The van der Waals surface area contributed by atoms with E-state index in [1.54, 1.807) is 13.0 Å². The lowest BCUT2D eigenvalue weighted by Crippen LogP contribution is -2.07. The van der Waals surface area contributed by atoms with Gasteiger partial charge >= 0.3 is 0 Å².